The molecule has 0 amide bonds. The van der Waals surface area contributed by atoms with E-state index in [0.717, 1.165) is 10.0 Å². The number of pyridine rings is 1. The van der Waals surface area contributed by atoms with Crippen molar-refractivity contribution < 1.29 is 9.53 Å². The first kappa shape index (κ1) is 13.5. The van der Waals surface area contributed by atoms with Crippen LogP contribution >= 0.6 is 15.9 Å². The van der Waals surface area contributed by atoms with E-state index in [2.05, 4.69) is 31.0 Å². The van der Waals surface area contributed by atoms with Crippen LogP contribution in [0, 0.1) is 0 Å². The molecule has 5 heteroatoms. The van der Waals surface area contributed by atoms with Crippen molar-refractivity contribution in [1.82, 2.24) is 4.98 Å². The zero-order valence-electron chi connectivity index (χ0n) is 10.4. The molecule has 0 unspecified atom stereocenters. The minimum atomic E-state index is -0.368. The molecule has 2 rings (SSSR count). The molecular weight excluding hydrogens is 308 g/mol. The van der Waals surface area contributed by atoms with Crippen molar-refractivity contribution in [3.63, 3.8) is 0 Å². The van der Waals surface area contributed by atoms with E-state index in [4.69, 9.17) is 0 Å². The summed E-state index contributed by atoms with van der Waals surface area (Å²) < 4.78 is 5.70. The van der Waals surface area contributed by atoms with Crippen LogP contribution in [0.2, 0.25) is 0 Å². The molecule has 0 aliphatic carbocycles. The first-order chi connectivity index (χ1) is 9.19. The summed E-state index contributed by atoms with van der Waals surface area (Å²) in [6.45, 7) is 0.636. The van der Waals surface area contributed by atoms with Crippen molar-refractivity contribution in [3.8, 4) is 0 Å². The van der Waals surface area contributed by atoms with Crippen LogP contribution in [0.4, 0.5) is 5.82 Å². The minimum absolute atomic E-state index is 0.368. The average molecular weight is 321 g/mol. The molecule has 0 aliphatic rings. The quantitative estimate of drug-likeness (QED) is 0.879. The maximum absolute atomic E-state index is 11.4. The van der Waals surface area contributed by atoms with Crippen LogP contribution in [-0.2, 0) is 11.3 Å². The molecule has 2 aromatic rings. The van der Waals surface area contributed by atoms with Crippen molar-refractivity contribution in [2.24, 2.45) is 0 Å². The lowest BCUT2D eigenvalue weighted by Gasteiger charge is -2.07. The summed E-state index contributed by atoms with van der Waals surface area (Å²) in [5, 5.41) is 3.17. The number of hydrogen-bond donors (Lipinski definition) is 1. The molecule has 19 heavy (non-hydrogen) atoms. The van der Waals surface area contributed by atoms with Crippen LogP contribution < -0.4 is 5.32 Å². The van der Waals surface area contributed by atoms with Gasteiger partial charge < -0.3 is 10.1 Å². The predicted octanol–water partition coefficient (Wildman–Crippen LogP) is 3.24. The Kier molecular flexibility index (Phi) is 4.52. The number of esters is 1. The molecule has 0 aliphatic heterocycles. The molecule has 1 N–H and O–H groups in total. The standard InChI is InChI=1S/C14H13BrN2O2/c1-19-14(18)11-5-6-16-13(8-11)17-9-10-3-2-4-12(15)7-10/h2-8H,9H2,1H3,(H,16,17). The van der Waals surface area contributed by atoms with Gasteiger partial charge in [0.15, 0.2) is 0 Å². The Hall–Kier alpha value is -1.88. The number of aromatic nitrogens is 1. The Morgan fingerprint density at radius 1 is 1.37 bits per heavy atom. The second-order valence-corrected chi connectivity index (χ2v) is 4.82. The Morgan fingerprint density at radius 3 is 2.95 bits per heavy atom. The number of halogens is 1. The van der Waals surface area contributed by atoms with Crippen molar-refractivity contribution in [1.29, 1.82) is 0 Å². The van der Waals surface area contributed by atoms with E-state index in [9.17, 15) is 4.79 Å². The summed E-state index contributed by atoms with van der Waals surface area (Å²) in [4.78, 5) is 15.6. The minimum Gasteiger partial charge on any atom is -0.465 e. The summed E-state index contributed by atoms with van der Waals surface area (Å²) in [5.74, 6) is 0.274. The average Bonchev–Trinajstić information content (AvgIpc) is 2.45. The Bertz CT molecular complexity index is 587. The number of benzene rings is 1. The third-order valence-electron chi connectivity index (χ3n) is 2.54. The van der Waals surface area contributed by atoms with Crippen molar-refractivity contribution in [2.45, 2.75) is 6.54 Å². The van der Waals surface area contributed by atoms with Gasteiger partial charge in [0.2, 0.25) is 0 Å². The van der Waals surface area contributed by atoms with Crippen LogP contribution in [0.15, 0.2) is 47.1 Å². The van der Waals surface area contributed by atoms with Gasteiger partial charge in [-0.2, -0.15) is 0 Å². The van der Waals surface area contributed by atoms with Gasteiger partial charge in [0, 0.05) is 17.2 Å². The largest absolute Gasteiger partial charge is 0.465 e. The molecule has 0 saturated carbocycles. The number of anilines is 1. The van der Waals surface area contributed by atoms with Crippen LogP contribution in [0.25, 0.3) is 0 Å². The zero-order chi connectivity index (χ0) is 13.7. The third-order valence-corrected chi connectivity index (χ3v) is 3.04. The SMILES string of the molecule is COC(=O)c1ccnc(NCc2cccc(Br)c2)c1. The highest BCUT2D eigenvalue weighted by Crippen LogP contribution is 2.14. The van der Waals surface area contributed by atoms with E-state index in [1.54, 1.807) is 18.3 Å². The Labute approximate surface area is 119 Å². The summed E-state index contributed by atoms with van der Waals surface area (Å²) in [5.41, 5.74) is 1.61. The van der Waals surface area contributed by atoms with Gasteiger partial charge in [-0.1, -0.05) is 28.1 Å². The second kappa shape index (κ2) is 6.33. The Morgan fingerprint density at radius 2 is 2.21 bits per heavy atom. The van der Waals surface area contributed by atoms with Crippen molar-refractivity contribution in [3.05, 3.63) is 58.2 Å². The van der Waals surface area contributed by atoms with Gasteiger partial charge in [-0.25, -0.2) is 9.78 Å². The second-order valence-electron chi connectivity index (χ2n) is 3.90. The number of hydrogen-bond acceptors (Lipinski definition) is 4. The van der Waals surface area contributed by atoms with E-state index < -0.39 is 0 Å². The highest BCUT2D eigenvalue weighted by molar-refractivity contribution is 9.10. The highest BCUT2D eigenvalue weighted by Gasteiger charge is 2.06. The number of carbonyl (C=O) groups is 1. The smallest absolute Gasteiger partial charge is 0.338 e. The zero-order valence-corrected chi connectivity index (χ0v) is 12.0. The molecule has 4 nitrogen and oxygen atoms in total. The fourth-order valence-electron chi connectivity index (χ4n) is 1.61. The molecule has 1 aromatic heterocycles. The molecule has 0 bridgehead atoms. The molecule has 0 radical (unpaired) electrons. The van der Waals surface area contributed by atoms with E-state index in [-0.39, 0.29) is 5.97 Å². The highest BCUT2D eigenvalue weighted by atomic mass is 79.9. The topological polar surface area (TPSA) is 51.2 Å². The third kappa shape index (κ3) is 3.79. The monoisotopic (exact) mass is 320 g/mol. The number of nitrogens with one attached hydrogen (secondary N) is 1. The fraction of sp³-hybridized carbons (Fsp3) is 0.143. The Balaban J connectivity index is 2.05. The molecular formula is C14H13BrN2O2. The first-order valence-electron chi connectivity index (χ1n) is 5.72. The number of nitrogens with zero attached hydrogens (tertiary/aromatic N) is 1. The molecule has 0 spiro atoms. The first-order valence-corrected chi connectivity index (χ1v) is 6.51. The molecule has 1 aromatic carbocycles. The molecule has 0 fully saturated rings. The summed E-state index contributed by atoms with van der Waals surface area (Å²) >= 11 is 3.42. The molecule has 0 atom stereocenters. The van der Waals surface area contributed by atoms with Gasteiger partial charge in [0.25, 0.3) is 0 Å². The number of methoxy groups -OCH3 is 1. The normalized spacial score (nSPS) is 10.0. The maximum atomic E-state index is 11.4. The van der Waals surface area contributed by atoms with Crippen molar-refractivity contribution in [2.75, 3.05) is 12.4 Å². The summed E-state index contributed by atoms with van der Waals surface area (Å²) in [6, 6.07) is 11.3. The molecule has 0 saturated heterocycles. The lowest BCUT2D eigenvalue weighted by atomic mass is 10.2. The number of ether oxygens (including phenoxy) is 1. The fourth-order valence-corrected chi connectivity index (χ4v) is 2.06. The van der Waals surface area contributed by atoms with Gasteiger partial charge in [-0.3, -0.25) is 0 Å². The number of rotatable bonds is 4. The summed E-state index contributed by atoms with van der Waals surface area (Å²) in [7, 11) is 1.36. The molecule has 1 heterocycles. The van der Waals surface area contributed by atoms with E-state index in [0.29, 0.717) is 17.9 Å². The maximum Gasteiger partial charge on any atom is 0.338 e. The number of carbonyl (C=O) groups excluding carboxylic acids is 1. The van der Waals surface area contributed by atoms with Crippen LogP contribution in [0.1, 0.15) is 15.9 Å². The summed E-state index contributed by atoms with van der Waals surface area (Å²) in [6.07, 6.45) is 1.58. The van der Waals surface area contributed by atoms with E-state index >= 15 is 0 Å². The predicted molar refractivity (Wildman–Crippen MR) is 77.0 cm³/mol. The lowest BCUT2D eigenvalue weighted by molar-refractivity contribution is 0.0600. The van der Waals surface area contributed by atoms with Crippen LogP contribution in [-0.4, -0.2) is 18.1 Å². The molecule has 98 valence electrons. The van der Waals surface area contributed by atoms with Gasteiger partial charge in [0.1, 0.15) is 5.82 Å². The van der Waals surface area contributed by atoms with E-state index in [1.807, 2.05) is 24.3 Å². The van der Waals surface area contributed by atoms with Gasteiger partial charge in [-0.05, 0) is 29.8 Å². The lowest BCUT2D eigenvalue weighted by Crippen LogP contribution is -2.05. The van der Waals surface area contributed by atoms with Gasteiger partial charge in [0.05, 0.1) is 12.7 Å². The van der Waals surface area contributed by atoms with Crippen LogP contribution in [0.5, 0.6) is 0 Å². The van der Waals surface area contributed by atoms with Crippen LogP contribution in [0.3, 0.4) is 0 Å². The van der Waals surface area contributed by atoms with Gasteiger partial charge in [-0.15, -0.1) is 0 Å². The van der Waals surface area contributed by atoms with E-state index in [1.165, 1.54) is 7.11 Å². The van der Waals surface area contributed by atoms with Crippen molar-refractivity contribution >= 4 is 27.7 Å². The van der Waals surface area contributed by atoms with Gasteiger partial charge >= 0.3 is 5.97 Å².